The molecule has 3 aliphatic rings. The summed E-state index contributed by atoms with van der Waals surface area (Å²) in [7, 11) is -12.3. The molecule has 1 atom stereocenters. The summed E-state index contributed by atoms with van der Waals surface area (Å²) in [5.74, 6) is -1.17. The predicted octanol–water partition coefficient (Wildman–Crippen LogP) is -1.32. The van der Waals surface area contributed by atoms with Gasteiger partial charge in [-0.25, -0.2) is 29.8 Å². The average molecular weight is 1130 g/mol. The largest absolute Gasteiger partial charge is 1.00 e. The first-order valence-electron chi connectivity index (χ1n) is 24.3. The maximum Gasteiger partial charge on any atom is 1.00 e. The van der Waals surface area contributed by atoms with Crippen LogP contribution < -0.4 is 73.9 Å². The van der Waals surface area contributed by atoms with Gasteiger partial charge in [-0.1, -0.05) is 33.3 Å². The van der Waals surface area contributed by atoms with Crippen LogP contribution in [0.3, 0.4) is 0 Å². The van der Waals surface area contributed by atoms with Crippen molar-refractivity contribution in [1.29, 1.82) is 0 Å². The molecular weight excluding hydrogens is 1060 g/mol. The zero-order chi connectivity index (χ0) is 53.7. The monoisotopic (exact) mass is 1130 g/mol. The summed E-state index contributed by atoms with van der Waals surface area (Å²) in [6.07, 6.45) is 6.93. The Morgan fingerprint density at radius 1 is 0.733 bits per heavy atom. The van der Waals surface area contributed by atoms with Crippen LogP contribution in [-0.4, -0.2) is 161 Å². The van der Waals surface area contributed by atoms with Gasteiger partial charge in [-0.3, -0.25) is 4.79 Å². The van der Waals surface area contributed by atoms with Crippen LogP contribution in [0, 0.1) is 0 Å². The van der Waals surface area contributed by atoms with Crippen LogP contribution in [0.5, 0.6) is 0 Å². The summed E-state index contributed by atoms with van der Waals surface area (Å²) >= 11 is 0. The quantitative estimate of drug-likeness (QED) is 0.0309. The molecule has 1 aromatic carbocycles. The molecule has 0 bridgehead atoms. The maximum absolute atomic E-state index is 12.2. The van der Waals surface area contributed by atoms with E-state index >= 15 is 0 Å². The number of aliphatic carboxylic acids is 1. The number of methoxy groups -OCH3 is 1. The number of nitrogens with zero attached hydrogens (tertiary/aromatic N) is 2. The van der Waals surface area contributed by atoms with Gasteiger partial charge in [-0.2, -0.15) is 0 Å². The molecule has 0 saturated heterocycles. The fraction of sp³-hybridized carbons (Fsp3) is 0.600. The topological polar surface area (TPSA) is 284 Å². The van der Waals surface area contributed by atoms with Crippen LogP contribution in [0.2, 0.25) is 0 Å². The number of anilines is 1. The van der Waals surface area contributed by atoms with Gasteiger partial charge in [0, 0.05) is 66.4 Å². The molecule has 0 radical (unpaired) electrons. The van der Waals surface area contributed by atoms with Crippen molar-refractivity contribution in [2.24, 2.45) is 0 Å². The average Bonchev–Trinajstić information content (AvgIpc) is 3.52. The molecule has 410 valence electrons. The Morgan fingerprint density at radius 3 is 1.85 bits per heavy atom. The van der Waals surface area contributed by atoms with Crippen LogP contribution in [0.4, 0.5) is 5.69 Å². The van der Waals surface area contributed by atoms with Crippen molar-refractivity contribution in [3.05, 3.63) is 82.6 Å². The van der Waals surface area contributed by atoms with Gasteiger partial charge in [0.1, 0.15) is 34.8 Å². The first-order valence-corrected chi connectivity index (χ1v) is 28.9. The Labute approximate surface area is 487 Å². The summed E-state index contributed by atoms with van der Waals surface area (Å²) in [4.78, 5) is 12.7. The molecule has 1 unspecified atom stereocenters. The van der Waals surface area contributed by atoms with E-state index in [0.717, 1.165) is 11.1 Å². The molecule has 0 saturated carbocycles. The van der Waals surface area contributed by atoms with Gasteiger partial charge in [-0.05, 0) is 91.6 Å². The van der Waals surface area contributed by atoms with E-state index in [1.807, 2.05) is 33.7 Å². The van der Waals surface area contributed by atoms with E-state index in [0.29, 0.717) is 132 Å². The zero-order valence-electron chi connectivity index (χ0n) is 44.5. The molecule has 75 heavy (non-hydrogen) atoms. The van der Waals surface area contributed by atoms with Gasteiger partial charge >= 0.3 is 65.1 Å². The van der Waals surface area contributed by atoms with E-state index in [9.17, 15) is 48.8 Å². The van der Waals surface area contributed by atoms with E-state index in [4.69, 9.17) is 32.8 Å². The number of unbranched alkanes of at least 4 members (excludes halogenated alkanes) is 2. The number of hydrogen-bond acceptors (Lipinski definition) is 18. The number of rotatable bonds is 35. The third-order valence-corrected chi connectivity index (χ3v) is 14.5. The van der Waals surface area contributed by atoms with E-state index in [1.54, 1.807) is 32.3 Å². The minimum absolute atomic E-state index is 0. The zero-order valence-corrected chi connectivity index (χ0v) is 51.0. The Hall–Kier alpha value is -2.11. The normalized spacial score (nSPS) is 16.1. The molecule has 1 aliphatic carbocycles. The second-order valence-corrected chi connectivity index (χ2v) is 23.2. The van der Waals surface area contributed by atoms with Crippen molar-refractivity contribution < 1.29 is 141 Å². The molecule has 1 N–H and O–H groups in total. The molecule has 25 heteroatoms. The second kappa shape index (κ2) is 33.5. The number of hydrogen-bond donors (Lipinski definition) is 1. The number of carboxylic acids is 1. The van der Waals surface area contributed by atoms with E-state index in [1.165, 1.54) is 18.2 Å². The van der Waals surface area contributed by atoms with Gasteiger partial charge in [-0.15, -0.1) is 0 Å². The standard InChI is InChI=1S/C50H74N2O18S3.2Na/c1-49(2,3)43-37-40(12-9-13-47-50(4,19-10-34-71(55,56)57)44-38-41(73(61,62)63)16-18-45(44)52(47)21-8-6-7-14-48(53)54)70-46-36-39(15-17-42(43)46)51(20-11-35-72(58,59)60)22-23-65-26-27-67-30-31-69-33-32-68-29-28-66-25-24-64-5;;/h9,12-13,15-18,36-38H,6-8,10-11,14,19-35H2,1-5H3,(H3-,53,54,55,56,57,58,59,60,61,62,63);;/q;2*+1/p-2. The molecule has 0 aromatic heterocycles. The molecular formula is C50H72N2Na2O18S3. The number of benzene rings is 2. The number of allylic oxidation sites excluding steroid dienone is 3. The number of carbonyl (C=O) groups is 1. The van der Waals surface area contributed by atoms with Crippen LogP contribution in [0.1, 0.15) is 89.5 Å². The first-order chi connectivity index (χ1) is 34.4. The summed E-state index contributed by atoms with van der Waals surface area (Å²) in [5, 5.41) is 9.89. The van der Waals surface area contributed by atoms with Crippen molar-refractivity contribution >= 4 is 48.1 Å². The second-order valence-electron chi connectivity index (χ2n) is 18.7. The Bertz CT molecular complexity index is 2690. The van der Waals surface area contributed by atoms with Crippen LogP contribution in [0.25, 0.3) is 17.4 Å². The summed E-state index contributed by atoms with van der Waals surface area (Å²) in [6.45, 7) is 13.4. The van der Waals surface area contributed by atoms with Crippen LogP contribution in [-0.2, 0) is 74.4 Å². The van der Waals surface area contributed by atoms with Gasteiger partial charge in [0.05, 0.1) is 97.3 Å². The van der Waals surface area contributed by atoms with Crippen molar-refractivity contribution in [3.63, 3.8) is 0 Å². The Balaban J connectivity index is 0.00000963. The SMILES string of the molecule is COCCOCCOCCOCCOCCOCC[N+](CCCS(=O)(=O)[O-])=c1ccc2c(C(C)(C)C)cc(/C=C/C=C3/N(CCCCCC(=O)O)c4ccc(S(=O)(=O)[O-])cc4C3(C)CCCS(=O)(=O)[O-])oc-2c1.[Na+].[Na+]. The molecule has 0 amide bonds. The van der Waals surface area contributed by atoms with Gasteiger partial charge in [0.15, 0.2) is 6.54 Å². The maximum atomic E-state index is 12.2. The number of ether oxygens (including phenoxy) is 6. The third kappa shape index (κ3) is 24.4. The molecule has 20 nitrogen and oxygen atoms in total. The van der Waals surface area contributed by atoms with E-state index < -0.39 is 58.1 Å². The van der Waals surface area contributed by atoms with Gasteiger partial charge < -0.3 is 56.5 Å². The Kier molecular flexibility index (Phi) is 30.8. The van der Waals surface area contributed by atoms with Gasteiger partial charge in [0.25, 0.3) is 0 Å². The fourth-order valence-electron chi connectivity index (χ4n) is 8.45. The summed E-state index contributed by atoms with van der Waals surface area (Å²) in [5.41, 5.74) is 2.01. The number of fused-ring (bicyclic) bond motifs is 2. The van der Waals surface area contributed by atoms with Crippen LogP contribution in [0.15, 0.2) is 69.6 Å². The van der Waals surface area contributed by atoms with E-state index in [-0.39, 0.29) is 103 Å². The molecule has 2 aliphatic heterocycles. The summed E-state index contributed by atoms with van der Waals surface area (Å²) < 4.78 is 148. The minimum atomic E-state index is -4.89. The van der Waals surface area contributed by atoms with Crippen molar-refractivity contribution in [1.82, 2.24) is 4.58 Å². The molecule has 1 aromatic rings. The predicted molar refractivity (Wildman–Crippen MR) is 270 cm³/mol. The van der Waals surface area contributed by atoms with Crippen molar-refractivity contribution in [2.75, 3.05) is 116 Å². The smallest absolute Gasteiger partial charge is 0.748 e. The third-order valence-electron chi connectivity index (χ3n) is 12.0. The molecule has 4 rings (SSSR count). The van der Waals surface area contributed by atoms with Crippen molar-refractivity contribution in [3.8, 4) is 11.3 Å². The van der Waals surface area contributed by atoms with Crippen molar-refractivity contribution in [2.45, 2.75) is 88.4 Å². The number of carboxylic acid groups (broad SMARTS) is 1. The molecule has 2 heterocycles. The minimum Gasteiger partial charge on any atom is -0.748 e. The van der Waals surface area contributed by atoms with Gasteiger partial charge in [0.2, 0.25) is 5.36 Å². The molecule has 0 spiro atoms. The summed E-state index contributed by atoms with van der Waals surface area (Å²) in [6, 6.07) is 11.6. The first kappa shape index (κ1) is 69.0. The molecule has 0 fully saturated rings. The van der Waals surface area contributed by atoms with Crippen LogP contribution >= 0.6 is 0 Å². The Morgan fingerprint density at radius 2 is 1.31 bits per heavy atom. The fourth-order valence-corrected chi connectivity index (χ4v) is 9.92. The van der Waals surface area contributed by atoms with E-state index in [2.05, 4.69) is 20.8 Å².